The van der Waals surface area contributed by atoms with Gasteiger partial charge in [-0.25, -0.2) is 5.01 Å². The summed E-state index contributed by atoms with van der Waals surface area (Å²) in [6.07, 6.45) is 34.0. The highest BCUT2D eigenvalue weighted by atomic mass is 15.4. The molecule has 0 aromatic rings. The van der Waals surface area contributed by atoms with Gasteiger partial charge in [-0.1, -0.05) is 155 Å². The van der Waals surface area contributed by atoms with Crippen molar-refractivity contribution < 1.29 is 0 Å². The second-order valence-electron chi connectivity index (χ2n) is 9.81. The van der Waals surface area contributed by atoms with E-state index >= 15 is 0 Å². The molecule has 2 nitrogen and oxygen atoms in total. The molecule has 0 aromatic heterocycles. The summed E-state index contributed by atoms with van der Waals surface area (Å²) in [6, 6.07) is 0. The third kappa shape index (κ3) is 26.0. The van der Waals surface area contributed by atoms with Crippen LogP contribution in [0.5, 0.6) is 0 Å². The molecular formula is C28H60N2. The van der Waals surface area contributed by atoms with Crippen molar-refractivity contribution >= 4 is 0 Å². The lowest BCUT2D eigenvalue weighted by atomic mass is 10.0. The Morgan fingerprint density at radius 1 is 0.333 bits per heavy atom. The standard InChI is InChI=1S/C28H60N2/c1-3-5-7-9-11-13-15-17-19-21-23-25-27-30(29)28-26-24-22-20-18-16-14-12-10-8-6-4-2/h3-29H2,1-2H3. The van der Waals surface area contributed by atoms with Crippen molar-refractivity contribution in [2.24, 2.45) is 5.84 Å². The van der Waals surface area contributed by atoms with Gasteiger partial charge in [0.1, 0.15) is 0 Å². The number of hydrazine groups is 1. The number of nitrogens with two attached hydrogens (primary N) is 1. The van der Waals surface area contributed by atoms with Crippen LogP contribution in [0.1, 0.15) is 168 Å². The minimum Gasteiger partial charge on any atom is -0.269 e. The van der Waals surface area contributed by atoms with Crippen LogP contribution in [0.25, 0.3) is 0 Å². The first-order chi connectivity index (χ1) is 14.8. The maximum atomic E-state index is 6.17. The van der Waals surface area contributed by atoms with E-state index in [0.29, 0.717) is 0 Å². The van der Waals surface area contributed by atoms with Crippen LogP contribution in [0.4, 0.5) is 0 Å². The lowest BCUT2D eigenvalue weighted by Gasteiger charge is -2.16. The Bertz CT molecular complexity index is 264. The zero-order valence-electron chi connectivity index (χ0n) is 21.4. The summed E-state index contributed by atoms with van der Waals surface area (Å²) in [5, 5.41) is 2.08. The minimum atomic E-state index is 1.09. The lowest BCUT2D eigenvalue weighted by Crippen LogP contribution is -2.32. The van der Waals surface area contributed by atoms with Crippen LogP contribution < -0.4 is 5.84 Å². The Balaban J connectivity index is 3.13. The molecule has 182 valence electrons. The van der Waals surface area contributed by atoms with Gasteiger partial charge in [0.15, 0.2) is 0 Å². The largest absolute Gasteiger partial charge is 0.269 e. The molecule has 0 aliphatic heterocycles. The molecule has 0 spiro atoms. The molecule has 0 heterocycles. The molecule has 0 aromatic carbocycles. The molecule has 0 bridgehead atoms. The molecule has 0 rings (SSSR count). The van der Waals surface area contributed by atoms with Gasteiger partial charge in [0, 0.05) is 13.1 Å². The van der Waals surface area contributed by atoms with Gasteiger partial charge in [0.2, 0.25) is 0 Å². The first-order valence-electron chi connectivity index (χ1n) is 14.3. The zero-order chi connectivity index (χ0) is 22.0. The van der Waals surface area contributed by atoms with Gasteiger partial charge in [0.25, 0.3) is 0 Å². The van der Waals surface area contributed by atoms with Gasteiger partial charge >= 0.3 is 0 Å². The Kier molecular flexibility index (Phi) is 26.9. The quantitative estimate of drug-likeness (QED) is 0.0850. The van der Waals surface area contributed by atoms with Crippen molar-refractivity contribution in [1.82, 2.24) is 5.01 Å². The van der Waals surface area contributed by atoms with E-state index in [-0.39, 0.29) is 0 Å². The Morgan fingerprint density at radius 3 is 0.767 bits per heavy atom. The second-order valence-corrected chi connectivity index (χ2v) is 9.81. The Hall–Kier alpha value is -0.0800. The van der Waals surface area contributed by atoms with Gasteiger partial charge in [-0.2, -0.15) is 0 Å². The summed E-state index contributed by atoms with van der Waals surface area (Å²) in [4.78, 5) is 0. The molecule has 0 atom stereocenters. The third-order valence-electron chi connectivity index (χ3n) is 6.60. The molecule has 0 amide bonds. The molecule has 0 unspecified atom stereocenters. The zero-order valence-corrected chi connectivity index (χ0v) is 21.4. The number of unbranched alkanes of at least 4 members (excludes halogenated alkanes) is 22. The van der Waals surface area contributed by atoms with E-state index in [9.17, 15) is 0 Å². The molecule has 0 fully saturated rings. The van der Waals surface area contributed by atoms with E-state index in [1.807, 2.05) is 0 Å². The van der Waals surface area contributed by atoms with E-state index < -0.39 is 0 Å². The summed E-state index contributed by atoms with van der Waals surface area (Å²) in [5.74, 6) is 6.17. The minimum absolute atomic E-state index is 1.09. The summed E-state index contributed by atoms with van der Waals surface area (Å²) in [6.45, 7) is 6.78. The van der Waals surface area contributed by atoms with Crippen LogP contribution in [-0.2, 0) is 0 Å². The number of nitrogens with zero attached hydrogens (tertiary/aromatic N) is 1. The number of hydrogen-bond acceptors (Lipinski definition) is 2. The molecule has 0 aliphatic rings. The van der Waals surface area contributed by atoms with Crippen LogP contribution in [0.2, 0.25) is 0 Å². The second kappa shape index (κ2) is 27.0. The summed E-state index contributed by atoms with van der Waals surface area (Å²) in [7, 11) is 0. The van der Waals surface area contributed by atoms with Crippen LogP contribution in [-0.4, -0.2) is 18.1 Å². The van der Waals surface area contributed by atoms with E-state index in [1.165, 1.54) is 154 Å². The first-order valence-corrected chi connectivity index (χ1v) is 14.3. The fraction of sp³-hybridized carbons (Fsp3) is 1.00. The molecule has 0 radical (unpaired) electrons. The SMILES string of the molecule is CCCCCCCCCCCCCCN(N)CCCCCCCCCCCCCC. The number of rotatable bonds is 26. The van der Waals surface area contributed by atoms with Crippen molar-refractivity contribution in [2.75, 3.05) is 13.1 Å². The predicted molar refractivity (Wildman–Crippen MR) is 138 cm³/mol. The van der Waals surface area contributed by atoms with Crippen molar-refractivity contribution in [3.63, 3.8) is 0 Å². The fourth-order valence-electron chi connectivity index (χ4n) is 4.42. The van der Waals surface area contributed by atoms with E-state index in [0.717, 1.165) is 13.1 Å². The van der Waals surface area contributed by atoms with Gasteiger partial charge in [0.05, 0.1) is 0 Å². The average molecular weight is 425 g/mol. The average Bonchev–Trinajstić information content (AvgIpc) is 2.75. The fourth-order valence-corrected chi connectivity index (χ4v) is 4.42. The van der Waals surface area contributed by atoms with Gasteiger partial charge < -0.3 is 0 Å². The van der Waals surface area contributed by atoms with E-state index in [1.54, 1.807) is 0 Å². The third-order valence-corrected chi connectivity index (χ3v) is 6.60. The van der Waals surface area contributed by atoms with Gasteiger partial charge in [-0.3, -0.25) is 5.84 Å². The highest BCUT2D eigenvalue weighted by molar-refractivity contribution is 4.54. The van der Waals surface area contributed by atoms with Gasteiger partial charge in [-0.15, -0.1) is 0 Å². The van der Waals surface area contributed by atoms with Crippen LogP contribution in [0, 0.1) is 0 Å². The number of hydrogen-bond donors (Lipinski definition) is 1. The van der Waals surface area contributed by atoms with E-state index in [2.05, 4.69) is 18.9 Å². The Morgan fingerprint density at radius 2 is 0.533 bits per heavy atom. The molecule has 2 N–H and O–H groups in total. The smallest absolute Gasteiger partial charge is 0.0128 e. The molecule has 2 heteroatoms. The van der Waals surface area contributed by atoms with Crippen molar-refractivity contribution in [1.29, 1.82) is 0 Å². The maximum Gasteiger partial charge on any atom is 0.0128 e. The molecule has 0 saturated carbocycles. The summed E-state index contributed by atoms with van der Waals surface area (Å²) in [5.41, 5.74) is 0. The normalized spacial score (nSPS) is 11.6. The van der Waals surface area contributed by atoms with Crippen molar-refractivity contribution in [3.8, 4) is 0 Å². The highest BCUT2D eigenvalue weighted by Crippen LogP contribution is 2.13. The predicted octanol–water partition coefficient (Wildman–Crippen LogP) is 9.56. The molecule has 0 saturated heterocycles. The molecule has 0 aliphatic carbocycles. The summed E-state index contributed by atoms with van der Waals surface area (Å²) < 4.78 is 0. The molecule has 30 heavy (non-hydrogen) atoms. The highest BCUT2D eigenvalue weighted by Gasteiger charge is 2.00. The topological polar surface area (TPSA) is 29.3 Å². The van der Waals surface area contributed by atoms with Crippen molar-refractivity contribution in [3.05, 3.63) is 0 Å². The lowest BCUT2D eigenvalue weighted by molar-refractivity contribution is 0.268. The van der Waals surface area contributed by atoms with Gasteiger partial charge in [-0.05, 0) is 12.8 Å². The molecular weight excluding hydrogens is 364 g/mol. The van der Waals surface area contributed by atoms with Crippen LogP contribution in [0.3, 0.4) is 0 Å². The van der Waals surface area contributed by atoms with Crippen LogP contribution in [0.15, 0.2) is 0 Å². The maximum absolute atomic E-state index is 6.17. The summed E-state index contributed by atoms with van der Waals surface area (Å²) >= 11 is 0. The van der Waals surface area contributed by atoms with E-state index in [4.69, 9.17) is 5.84 Å². The Labute approximate surface area is 192 Å². The van der Waals surface area contributed by atoms with Crippen LogP contribution >= 0.6 is 0 Å². The van der Waals surface area contributed by atoms with Crippen molar-refractivity contribution in [2.45, 2.75) is 168 Å². The first kappa shape index (κ1) is 29.9. The monoisotopic (exact) mass is 424 g/mol.